The van der Waals surface area contributed by atoms with Crippen molar-refractivity contribution in [1.29, 1.82) is 0 Å². The van der Waals surface area contributed by atoms with E-state index in [9.17, 15) is 14.7 Å². The first-order valence-electron chi connectivity index (χ1n) is 11.6. The number of nitrogens with zero attached hydrogens (tertiary/aromatic N) is 2. The lowest BCUT2D eigenvalue weighted by atomic mass is 9.94. The normalized spacial score (nSPS) is 19.1. The Morgan fingerprint density at radius 1 is 1.14 bits per heavy atom. The molecule has 35 heavy (non-hydrogen) atoms. The summed E-state index contributed by atoms with van der Waals surface area (Å²) in [6.07, 6.45) is 4.98. The van der Waals surface area contributed by atoms with Crippen LogP contribution in [0.15, 0.2) is 58.4 Å². The fourth-order valence-electron chi connectivity index (χ4n) is 4.51. The molecule has 0 radical (unpaired) electrons. The topological polar surface area (TPSA) is 102 Å². The Hall–Kier alpha value is -3.56. The van der Waals surface area contributed by atoms with Crippen LogP contribution in [0.2, 0.25) is 0 Å². The first kappa shape index (κ1) is 24.6. The number of allylic oxidation sites excluding steroid dienone is 1. The molecule has 1 amide bonds. The minimum absolute atomic E-state index is 0.00395. The van der Waals surface area contributed by atoms with Crippen molar-refractivity contribution in [2.24, 2.45) is 0 Å². The number of para-hydroxylation sites is 1. The van der Waals surface area contributed by atoms with Gasteiger partial charge in [0.2, 0.25) is 0 Å². The van der Waals surface area contributed by atoms with E-state index in [2.05, 4.69) is 4.90 Å². The highest BCUT2D eigenvalue weighted by Gasteiger charge is 2.44. The molecule has 0 spiro atoms. The Labute approximate surface area is 204 Å². The van der Waals surface area contributed by atoms with E-state index in [0.29, 0.717) is 49.0 Å². The van der Waals surface area contributed by atoms with Crippen LogP contribution in [0.4, 0.5) is 0 Å². The van der Waals surface area contributed by atoms with E-state index in [1.54, 1.807) is 30.3 Å². The molecule has 186 valence electrons. The molecule has 1 N–H and O–H groups in total. The van der Waals surface area contributed by atoms with Gasteiger partial charge in [0.15, 0.2) is 23.0 Å². The average molecular weight is 483 g/mol. The molecule has 2 aliphatic heterocycles. The zero-order chi connectivity index (χ0) is 24.8. The van der Waals surface area contributed by atoms with Gasteiger partial charge in [0.25, 0.3) is 5.91 Å². The predicted molar refractivity (Wildman–Crippen MR) is 128 cm³/mol. The largest absolute Gasteiger partial charge is 0.503 e. The van der Waals surface area contributed by atoms with E-state index in [0.717, 1.165) is 19.6 Å². The molecule has 1 fully saturated rings. The van der Waals surface area contributed by atoms with Crippen molar-refractivity contribution in [2.75, 3.05) is 53.6 Å². The first-order valence-corrected chi connectivity index (χ1v) is 11.6. The van der Waals surface area contributed by atoms with E-state index in [-0.39, 0.29) is 5.57 Å². The summed E-state index contributed by atoms with van der Waals surface area (Å²) in [4.78, 5) is 30.3. The highest BCUT2D eigenvalue weighted by molar-refractivity contribution is 6.14. The van der Waals surface area contributed by atoms with Crippen LogP contribution in [0.5, 0.6) is 11.5 Å². The van der Waals surface area contributed by atoms with Gasteiger partial charge in [0.1, 0.15) is 5.76 Å². The Kier molecular flexibility index (Phi) is 7.89. The highest BCUT2D eigenvalue weighted by atomic mass is 16.5. The van der Waals surface area contributed by atoms with E-state index in [1.165, 1.54) is 37.5 Å². The number of hydrogen-bond acceptors (Lipinski definition) is 8. The number of ketones is 1. The van der Waals surface area contributed by atoms with Gasteiger partial charge in [-0.1, -0.05) is 12.1 Å². The summed E-state index contributed by atoms with van der Waals surface area (Å²) in [7, 11) is 3.02. The number of methoxy groups -OCH3 is 2. The average Bonchev–Trinajstić information content (AvgIpc) is 3.49. The molecule has 1 aromatic carbocycles. The van der Waals surface area contributed by atoms with E-state index < -0.39 is 23.5 Å². The third-order valence-electron chi connectivity index (χ3n) is 6.22. The number of aliphatic hydroxyl groups is 1. The van der Waals surface area contributed by atoms with Crippen molar-refractivity contribution in [3.63, 3.8) is 0 Å². The summed E-state index contributed by atoms with van der Waals surface area (Å²) < 4.78 is 21.7. The summed E-state index contributed by atoms with van der Waals surface area (Å²) in [5, 5.41) is 10.8. The quantitative estimate of drug-likeness (QED) is 0.516. The van der Waals surface area contributed by atoms with Crippen LogP contribution in [0, 0.1) is 0 Å². The number of amides is 1. The third-order valence-corrected chi connectivity index (χ3v) is 6.22. The molecule has 3 heterocycles. The summed E-state index contributed by atoms with van der Waals surface area (Å²) in [6, 6.07) is 7.87. The number of hydrogen-bond donors (Lipinski definition) is 1. The molecule has 0 bridgehead atoms. The molecule has 0 saturated carbocycles. The summed E-state index contributed by atoms with van der Waals surface area (Å²) >= 11 is 0. The number of carbonyl (C=O) groups is 2. The molecule has 1 unspecified atom stereocenters. The third kappa shape index (κ3) is 5.26. The smallest absolute Gasteiger partial charge is 0.290 e. The number of ether oxygens (including phenoxy) is 3. The number of morpholine rings is 1. The minimum Gasteiger partial charge on any atom is -0.503 e. The van der Waals surface area contributed by atoms with Crippen LogP contribution in [0.25, 0.3) is 6.08 Å². The maximum Gasteiger partial charge on any atom is 0.290 e. The monoisotopic (exact) mass is 482 g/mol. The van der Waals surface area contributed by atoms with Crippen LogP contribution in [0.1, 0.15) is 23.8 Å². The fourth-order valence-corrected chi connectivity index (χ4v) is 4.51. The van der Waals surface area contributed by atoms with Crippen molar-refractivity contribution >= 4 is 17.8 Å². The second-order valence-electron chi connectivity index (χ2n) is 8.27. The van der Waals surface area contributed by atoms with Crippen molar-refractivity contribution in [3.8, 4) is 11.5 Å². The molecule has 1 saturated heterocycles. The maximum atomic E-state index is 13.3. The Balaban J connectivity index is 1.66. The van der Waals surface area contributed by atoms with Gasteiger partial charge in [-0.3, -0.25) is 14.5 Å². The van der Waals surface area contributed by atoms with Gasteiger partial charge < -0.3 is 28.6 Å². The van der Waals surface area contributed by atoms with Crippen molar-refractivity contribution in [2.45, 2.75) is 12.5 Å². The molecule has 1 atom stereocenters. The second-order valence-corrected chi connectivity index (χ2v) is 8.27. The molecule has 2 aliphatic rings. The second kappa shape index (κ2) is 11.2. The minimum atomic E-state index is -0.828. The predicted octanol–water partition coefficient (Wildman–Crippen LogP) is 3.00. The maximum absolute atomic E-state index is 13.3. The van der Waals surface area contributed by atoms with Crippen molar-refractivity contribution in [3.05, 3.63) is 65.3 Å². The number of benzene rings is 1. The zero-order valence-corrected chi connectivity index (χ0v) is 19.9. The molecule has 9 nitrogen and oxygen atoms in total. The lowest BCUT2D eigenvalue weighted by molar-refractivity contribution is -0.129. The number of aliphatic hydroxyl groups excluding tert-OH is 1. The molecule has 4 rings (SSSR count). The van der Waals surface area contributed by atoms with Crippen LogP contribution >= 0.6 is 0 Å². The lowest BCUT2D eigenvalue weighted by Gasteiger charge is -2.30. The van der Waals surface area contributed by atoms with E-state index in [1.807, 2.05) is 0 Å². The highest BCUT2D eigenvalue weighted by Crippen LogP contribution is 2.44. The molecular formula is C26H30N2O7. The Morgan fingerprint density at radius 2 is 1.94 bits per heavy atom. The molecule has 0 aliphatic carbocycles. The van der Waals surface area contributed by atoms with Crippen LogP contribution in [-0.2, 0) is 14.3 Å². The van der Waals surface area contributed by atoms with Crippen LogP contribution < -0.4 is 9.47 Å². The van der Waals surface area contributed by atoms with Crippen LogP contribution in [-0.4, -0.2) is 80.2 Å². The summed E-state index contributed by atoms with van der Waals surface area (Å²) in [5.74, 6) is -0.272. The zero-order valence-electron chi connectivity index (χ0n) is 19.9. The summed E-state index contributed by atoms with van der Waals surface area (Å²) in [5.41, 5.74) is 0.557. The van der Waals surface area contributed by atoms with Gasteiger partial charge in [-0.25, -0.2) is 0 Å². The van der Waals surface area contributed by atoms with Gasteiger partial charge in [-0.15, -0.1) is 0 Å². The van der Waals surface area contributed by atoms with Gasteiger partial charge in [-0.2, -0.15) is 0 Å². The van der Waals surface area contributed by atoms with Gasteiger partial charge >= 0.3 is 0 Å². The standard InChI is InChI=1S/C26H30N2O7/c1-32-21-8-3-7-19(25(21)33-2)23-22(20(29)10-9-18-6-4-15-35-18)24(30)26(31)28(23)12-5-11-27-13-16-34-17-14-27/h3-4,6-10,15,23,30H,5,11-14,16-17H2,1-2H3/b10-9+. The van der Waals surface area contributed by atoms with Gasteiger partial charge in [-0.05, 0) is 36.8 Å². The Bertz CT molecular complexity index is 1100. The van der Waals surface area contributed by atoms with E-state index in [4.69, 9.17) is 18.6 Å². The van der Waals surface area contributed by atoms with Crippen LogP contribution in [0.3, 0.4) is 0 Å². The molecule has 2 aromatic rings. The summed E-state index contributed by atoms with van der Waals surface area (Å²) in [6.45, 7) is 4.18. The first-order chi connectivity index (χ1) is 17.0. The molecular weight excluding hydrogens is 452 g/mol. The SMILES string of the molecule is COc1cccc(C2C(C(=O)/C=C/c3ccco3)=C(O)C(=O)N2CCCN2CCOCC2)c1OC. The molecule has 1 aromatic heterocycles. The number of furan rings is 1. The number of carbonyl (C=O) groups excluding carboxylic acids is 2. The molecule has 9 heteroatoms. The van der Waals surface area contributed by atoms with Crippen molar-refractivity contribution < 1.29 is 33.3 Å². The van der Waals surface area contributed by atoms with Gasteiger partial charge in [0.05, 0.1) is 45.3 Å². The number of rotatable bonds is 10. The Morgan fingerprint density at radius 3 is 2.63 bits per heavy atom. The van der Waals surface area contributed by atoms with Crippen molar-refractivity contribution in [1.82, 2.24) is 9.80 Å². The van der Waals surface area contributed by atoms with Gasteiger partial charge in [0, 0.05) is 31.7 Å². The fraction of sp³-hybridized carbons (Fsp3) is 0.385. The van der Waals surface area contributed by atoms with E-state index >= 15 is 0 Å². The lowest BCUT2D eigenvalue weighted by Crippen LogP contribution is -2.39.